The summed E-state index contributed by atoms with van der Waals surface area (Å²) >= 11 is 0. The van der Waals surface area contributed by atoms with Gasteiger partial charge in [0.1, 0.15) is 0 Å². The highest BCUT2D eigenvalue weighted by atomic mass is 15.4. The quantitative estimate of drug-likeness (QED) is 0.490. The van der Waals surface area contributed by atoms with Crippen molar-refractivity contribution in [3.8, 4) is 0 Å². The predicted molar refractivity (Wildman–Crippen MR) is 96.7 cm³/mol. The van der Waals surface area contributed by atoms with Gasteiger partial charge >= 0.3 is 0 Å². The molecular weight excluding hydrogens is 282 g/mol. The zero-order valence-electron chi connectivity index (χ0n) is 15.1. The molecule has 0 spiro atoms. The van der Waals surface area contributed by atoms with Crippen molar-refractivity contribution >= 4 is 5.96 Å². The largest absolute Gasteiger partial charge is 0.340 e. The summed E-state index contributed by atoms with van der Waals surface area (Å²) in [5.74, 6) is 3.26. The van der Waals surface area contributed by atoms with E-state index in [9.17, 15) is 0 Å². The molecule has 2 aliphatic heterocycles. The van der Waals surface area contributed by atoms with Crippen LogP contribution in [-0.4, -0.2) is 48.0 Å². The first-order valence-electron chi connectivity index (χ1n) is 10.4. The molecule has 4 fully saturated rings. The predicted octanol–water partition coefficient (Wildman–Crippen LogP) is 4.28. The smallest absolute Gasteiger partial charge is 0.196 e. The first-order valence-corrected chi connectivity index (χ1v) is 10.4. The highest BCUT2D eigenvalue weighted by Crippen LogP contribution is 2.39. The molecule has 2 saturated carbocycles. The summed E-state index contributed by atoms with van der Waals surface area (Å²) in [7, 11) is 2.05. The molecule has 2 saturated heterocycles. The van der Waals surface area contributed by atoms with E-state index >= 15 is 0 Å². The average Bonchev–Trinajstić information content (AvgIpc) is 2.63. The van der Waals surface area contributed by atoms with Gasteiger partial charge in [0, 0.05) is 32.2 Å². The fourth-order valence-electron chi connectivity index (χ4n) is 6.17. The summed E-state index contributed by atoms with van der Waals surface area (Å²) in [6.45, 7) is 2.50. The van der Waals surface area contributed by atoms with Gasteiger partial charge in [-0.05, 0) is 63.2 Å². The molecule has 0 radical (unpaired) electrons. The number of nitrogens with zero attached hydrogens (tertiary/aromatic N) is 3. The van der Waals surface area contributed by atoms with E-state index in [0.717, 1.165) is 23.9 Å². The van der Waals surface area contributed by atoms with Crippen molar-refractivity contribution in [3.63, 3.8) is 0 Å². The number of aliphatic imine (C=N–C) groups is 1. The number of rotatable bonds is 0. The van der Waals surface area contributed by atoms with Crippen LogP contribution in [0.1, 0.15) is 77.0 Å². The van der Waals surface area contributed by atoms with Gasteiger partial charge in [0.15, 0.2) is 5.96 Å². The lowest BCUT2D eigenvalue weighted by molar-refractivity contribution is 0.0694. The van der Waals surface area contributed by atoms with E-state index < -0.39 is 0 Å². The molecule has 23 heavy (non-hydrogen) atoms. The van der Waals surface area contributed by atoms with Crippen molar-refractivity contribution in [2.75, 3.05) is 20.1 Å². The molecule has 4 aliphatic rings. The number of guanidine groups is 1. The Kier molecular flexibility index (Phi) is 4.82. The number of fused-ring (bicyclic) bond motifs is 2. The maximum atomic E-state index is 4.89. The fraction of sp³-hybridized carbons (Fsp3) is 0.950. The second-order valence-corrected chi connectivity index (χ2v) is 8.42. The van der Waals surface area contributed by atoms with E-state index in [2.05, 4.69) is 9.80 Å². The Balaban J connectivity index is 1.55. The molecule has 4 atom stereocenters. The number of hydrogen-bond acceptors (Lipinski definition) is 1. The molecule has 0 amide bonds. The molecule has 3 nitrogen and oxygen atoms in total. The topological polar surface area (TPSA) is 18.8 Å². The van der Waals surface area contributed by atoms with Crippen LogP contribution in [0.4, 0.5) is 0 Å². The van der Waals surface area contributed by atoms with Crippen molar-refractivity contribution in [1.82, 2.24) is 9.80 Å². The summed E-state index contributed by atoms with van der Waals surface area (Å²) in [5.41, 5.74) is 0. The fourth-order valence-corrected chi connectivity index (χ4v) is 6.17. The lowest BCUT2D eigenvalue weighted by atomic mass is 9.77. The highest BCUT2D eigenvalue weighted by Gasteiger charge is 2.40. The van der Waals surface area contributed by atoms with Crippen LogP contribution in [0.3, 0.4) is 0 Å². The minimum absolute atomic E-state index is 0.792. The zero-order valence-corrected chi connectivity index (χ0v) is 15.1. The van der Waals surface area contributed by atoms with Crippen molar-refractivity contribution in [1.29, 1.82) is 0 Å². The monoisotopic (exact) mass is 317 g/mol. The maximum absolute atomic E-state index is 4.89. The third-order valence-corrected chi connectivity index (χ3v) is 7.20. The van der Waals surface area contributed by atoms with Gasteiger partial charge in [0.2, 0.25) is 0 Å². The van der Waals surface area contributed by atoms with E-state index in [0.29, 0.717) is 0 Å². The Morgan fingerprint density at radius 2 is 1.09 bits per heavy atom. The summed E-state index contributed by atoms with van der Waals surface area (Å²) in [5, 5.41) is 0. The van der Waals surface area contributed by atoms with Gasteiger partial charge < -0.3 is 9.80 Å². The van der Waals surface area contributed by atoms with Crippen molar-refractivity contribution in [2.45, 2.75) is 89.1 Å². The lowest BCUT2D eigenvalue weighted by Crippen LogP contribution is -2.59. The molecule has 2 heterocycles. The third kappa shape index (κ3) is 3.00. The highest BCUT2D eigenvalue weighted by molar-refractivity contribution is 5.81. The van der Waals surface area contributed by atoms with Gasteiger partial charge in [-0.15, -0.1) is 0 Å². The first-order chi connectivity index (χ1) is 11.4. The SMILES string of the molecule is CN=C(N1CCCC2CCCCC21)N1CCCC2CCCCC21. The molecule has 2 aliphatic carbocycles. The first kappa shape index (κ1) is 15.8. The zero-order chi connectivity index (χ0) is 15.6. The van der Waals surface area contributed by atoms with E-state index in [1.165, 1.54) is 96.1 Å². The minimum atomic E-state index is 0.792. The molecule has 0 aromatic rings. The van der Waals surface area contributed by atoms with E-state index in [4.69, 9.17) is 4.99 Å². The van der Waals surface area contributed by atoms with Gasteiger partial charge in [-0.2, -0.15) is 0 Å². The molecule has 0 N–H and O–H groups in total. The Labute approximate surface area is 142 Å². The van der Waals surface area contributed by atoms with Crippen LogP contribution in [0.25, 0.3) is 0 Å². The van der Waals surface area contributed by atoms with Crippen LogP contribution in [0, 0.1) is 11.8 Å². The number of hydrogen-bond donors (Lipinski definition) is 0. The van der Waals surface area contributed by atoms with Gasteiger partial charge in [-0.1, -0.05) is 25.7 Å². The van der Waals surface area contributed by atoms with Crippen LogP contribution in [0.5, 0.6) is 0 Å². The van der Waals surface area contributed by atoms with Crippen LogP contribution in [0.2, 0.25) is 0 Å². The maximum Gasteiger partial charge on any atom is 0.196 e. The third-order valence-electron chi connectivity index (χ3n) is 7.20. The van der Waals surface area contributed by atoms with Crippen LogP contribution < -0.4 is 0 Å². The van der Waals surface area contributed by atoms with Crippen molar-refractivity contribution < 1.29 is 0 Å². The van der Waals surface area contributed by atoms with E-state index in [1.807, 2.05) is 7.05 Å². The standard InChI is InChI=1S/C20H35N3/c1-21-20(22-14-6-10-16-8-2-4-12-18(16)22)23-15-7-11-17-9-3-5-13-19(17)23/h16-19H,2-15H2,1H3. The average molecular weight is 318 g/mol. The lowest BCUT2D eigenvalue weighted by Gasteiger charge is -2.52. The second-order valence-electron chi connectivity index (χ2n) is 8.42. The summed E-state index contributed by atoms with van der Waals surface area (Å²) in [4.78, 5) is 10.4. The van der Waals surface area contributed by atoms with Crippen molar-refractivity contribution in [3.05, 3.63) is 0 Å². The molecule has 130 valence electrons. The van der Waals surface area contributed by atoms with Crippen LogP contribution in [0.15, 0.2) is 4.99 Å². The molecule has 0 aromatic carbocycles. The van der Waals surface area contributed by atoms with Crippen LogP contribution >= 0.6 is 0 Å². The minimum Gasteiger partial charge on any atom is -0.340 e. The summed E-state index contributed by atoms with van der Waals surface area (Å²) in [6, 6.07) is 1.58. The summed E-state index contributed by atoms with van der Waals surface area (Å²) < 4.78 is 0. The molecule has 0 aromatic heterocycles. The molecular formula is C20H35N3. The van der Waals surface area contributed by atoms with Gasteiger partial charge in [0.25, 0.3) is 0 Å². The number of likely N-dealkylation sites (tertiary alicyclic amines) is 2. The molecule has 0 bridgehead atoms. The molecule has 3 heteroatoms. The van der Waals surface area contributed by atoms with Crippen LogP contribution in [-0.2, 0) is 0 Å². The van der Waals surface area contributed by atoms with Gasteiger partial charge in [-0.25, -0.2) is 0 Å². The number of piperidine rings is 2. The Morgan fingerprint density at radius 3 is 1.57 bits per heavy atom. The van der Waals surface area contributed by atoms with E-state index in [1.54, 1.807) is 0 Å². The molecule has 4 rings (SSSR count). The summed E-state index contributed by atoms with van der Waals surface area (Å²) in [6.07, 6.45) is 17.2. The van der Waals surface area contributed by atoms with Gasteiger partial charge in [-0.3, -0.25) is 4.99 Å². The second kappa shape index (κ2) is 7.03. The van der Waals surface area contributed by atoms with E-state index in [-0.39, 0.29) is 0 Å². The van der Waals surface area contributed by atoms with Gasteiger partial charge in [0.05, 0.1) is 0 Å². The Bertz CT molecular complexity index is 393. The van der Waals surface area contributed by atoms with Crippen molar-refractivity contribution in [2.24, 2.45) is 16.8 Å². The Morgan fingerprint density at radius 1 is 0.652 bits per heavy atom. The molecule has 4 unspecified atom stereocenters. The normalized spacial score (nSPS) is 37.8. The Hall–Kier alpha value is -0.730.